The molecule has 0 aliphatic carbocycles. The van der Waals surface area contributed by atoms with Gasteiger partial charge in [-0.15, -0.1) is 0 Å². The molecule has 0 spiro atoms. The molecule has 1 amide bonds. The van der Waals surface area contributed by atoms with Gasteiger partial charge >= 0.3 is 0 Å². The molecular formula is C22H24ClN3O2. The number of halogens is 1. The molecular weight excluding hydrogens is 374 g/mol. The summed E-state index contributed by atoms with van der Waals surface area (Å²) in [5, 5.41) is 1.82. The summed E-state index contributed by atoms with van der Waals surface area (Å²) in [6.45, 7) is 5.09. The van der Waals surface area contributed by atoms with Crippen molar-refractivity contribution in [2.75, 3.05) is 13.1 Å². The first-order chi connectivity index (χ1) is 13.4. The number of pyridine rings is 1. The lowest BCUT2D eigenvalue weighted by Crippen LogP contribution is -2.51. The predicted molar refractivity (Wildman–Crippen MR) is 111 cm³/mol. The number of carbonyl (C=O) groups is 1. The third-order valence-corrected chi connectivity index (χ3v) is 5.66. The van der Waals surface area contributed by atoms with Gasteiger partial charge in [0.25, 0.3) is 5.91 Å². The summed E-state index contributed by atoms with van der Waals surface area (Å²) in [5.41, 5.74) is 1.30. The second-order valence-electron chi connectivity index (χ2n) is 7.78. The second kappa shape index (κ2) is 7.47. The minimum atomic E-state index is -0.925. The number of carbonyl (C=O) groups excluding carboxylic acids is 1. The van der Waals surface area contributed by atoms with Crippen LogP contribution in [0.5, 0.6) is 5.75 Å². The Kier molecular flexibility index (Phi) is 5.02. The monoisotopic (exact) mass is 397 g/mol. The summed E-state index contributed by atoms with van der Waals surface area (Å²) < 4.78 is 5.97. The number of H-pyrrole nitrogens is 1. The van der Waals surface area contributed by atoms with E-state index in [0.717, 1.165) is 31.6 Å². The van der Waals surface area contributed by atoms with Gasteiger partial charge in [-0.25, -0.2) is 4.98 Å². The van der Waals surface area contributed by atoms with E-state index in [1.54, 1.807) is 30.5 Å². The van der Waals surface area contributed by atoms with Crippen LogP contribution in [0.15, 0.2) is 48.8 Å². The number of fused-ring (bicyclic) bond motifs is 1. The number of hydrogen-bond donors (Lipinski definition) is 1. The van der Waals surface area contributed by atoms with Crippen molar-refractivity contribution in [2.45, 2.75) is 38.2 Å². The number of rotatable bonds is 4. The molecule has 0 bridgehead atoms. The van der Waals surface area contributed by atoms with Crippen LogP contribution in [0.3, 0.4) is 0 Å². The van der Waals surface area contributed by atoms with Crippen molar-refractivity contribution >= 4 is 28.5 Å². The van der Waals surface area contributed by atoms with Gasteiger partial charge in [0.1, 0.15) is 11.4 Å². The molecule has 1 saturated heterocycles. The van der Waals surface area contributed by atoms with E-state index < -0.39 is 5.60 Å². The average molecular weight is 398 g/mol. The molecule has 1 aromatic carbocycles. The van der Waals surface area contributed by atoms with Crippen LogP contribution in [-0.2, 0) is 4.79 Å². The lowest BCUT2D eigenvalue weighted by Gasteiger charge is -2.37. The van der Waals surface area contributed by atoms with E-state index in [-0.39, 0.29) is 5.91 Å². The van der Waals surface area contributed by atoms with Crippen molar-refractivity contribution in [3.8, 4) is 5.75 Å². The van der Waals surface area contributed by atoms with Crippen LogP contribution in [0.4, 0.5) is 0 Å². The molecule has 1 N–H and O–H groups in total. The van der Waals surface area contributed by atoms with Crippen LogP contribution >= 0.6 is 11.6 Å². The Bertz CT molecular complexity index is 973. The first-order valence-corrected chi connectivity index (χ1v) is 9.98. The molecule has 0 unspecified atom stereocenters. The van der Waals surface area contributed by atoms with Crippen LogP contribution in [0, 0.1) is 0 Å². The third-order valence-electron chi connectivity index (χ3n) is 5.41. The molecule has 3 heterocycles. The number of likely N-dealkylation sites (tertiary alicyclic amines) is 1. The molecule has 3 aromatic rings. The van der Waals surface area contributed by atoms with Crippen LogP contribution in [0.1, 0.15) is 38.2 Å². The Labute approximate surface area is 169 Å². The summed E-state index contributed by atoms with van der Waals surface area (Å²) in [6, 6.07) is 11.2. The lowest BCUT2D eigenvalue weighted by atomic mass is 9.89. The number of benzene rings is 1. The zero-order chi connectivity index (χ0) is 19.7. The van der Waals surface area contributed by atoms with E-state index in [1.165, 1.54) is 10.9 Å². The summed E-state index contributed by atoms with van der Waals surface area (Å²) in [6.07, 6.45) is 5.73. The molecule has 1 aliphatic rings. The maximum Gasteiger partial charge on any atom is 0.266 e. The SMILES string of the molecule is CC(C)(Oc1ccc(Cl)cc1)C(=O)N1CCC(c2c[nH]c3ncccc23)CC1. The summed E-state index contributed by atoms with van der Waals surface area (Å²) >= 11 is 5.92. The van der Waals surface area contributed by atoms with Gasteiger partial charge in [0, 0.05) is 35.9 Å². The smallest absolute Gasteiger partial charge is 0.266 e. The lowest BCUT2D eigenvalue weighted by molar-refractivity contribution is -0.146. The average Bonchev–Trinajstić information content (AvgIpc) is 3.13. The molecule has 0 radical (unpaired) electrons. The van der Waals surface area contributed by atoms with Gasteiger partial charge in [0.05, 0.1) is 0 Å². The second-order valence-corrected chi connectivity index (χ2v) is 8.21. The van der Waals surface area contributed by atoms with Crippen molar-refractivity contribution in [3.05, 3.63) is 59.4 Å². The molecule has 146 valence electrons. The standard InChI is InChI=1S/C22H24ClN3O2/c1-22(2,28-17-7-5-16(23)6-8-17)21(27)26-12-9-15(10-13-26)19-14-25-20-18(19)4-3-11-24-20/h3-8,11,14-15H,9-10,12-13H2,1-2H3,(H,24,25). The molecule has 1 fully saturated rings. The van der Waals surface area contributed by atoms with Crippen LogP contribution < -0.4 is 4.74 Å². The van der Waals surface area contributed by atoms with E-state index >= 15 is 0 Å². The summed E-state index contributed by atoms with van der Waals surface area (Å²) in [4.78, 5) is 22.6. The molecule has 0 atom stereocenters. The first kappa shape index (κ1) is 18.8. The summed E-state index contributed by atoms with van der Waals surface area (Å²) in [5.74, 6) is 1.09. The molecule has 5 nitrogen and oxygen atoms in total. The Hall–Kier alpha value is -2.53. The quantitative estimate of drug-likeness (QED) is 0.689. The van der Waals surface area contributed by atoms with Gasteiger partial charge in [-0.05, 0) is 74.6 Å². The topological polar surface area (TPSA) is 58.2 Å². The third kappa shape index (κ3) is 3.72. The fourth-order valence-corrected chi connectivity index (χ4v) is 4.06. The number of hydrogen-bond acceptors (Lipinski definition) is 3. The molecule has 2 aromatic heterocycles. The number of piperidine rings is 1. The zero-order valence-electron chi connectivity index (χ0n) is 16.1. The molecule has 0 saturated carbocycles. The highest BCUT2D eigenvalue weighted by atomic mass is 35.5. The van der Waals surface area contributed by atoms with Crippen molar-refractivity contribution in [3.63, 3.8) is 0 Å². The van der Waals surface area contributed by atoms with Crippen molar-refractivity contribution in [2.24, 2.45) is 0 Å². The van der Waals surface area contributed by atoms with E-state index in [0.29, 0.717) is 16.7 Å². The van der Waals surface area contributed by atoms with Gasteiger partial charge in [-0.2, -0.15) is 0 Å². The maximum absolute atomic E-state index is 13.1. The molecule has 6 heteroatoms. The largest absolute Gasteiger partial charge is 0.478 e. The Morgan fingerprint density at radius 2 is 1.93 bits per heavy atom. The number of aromatic amines is 1. The molecule has 28 heavy (non-hydrogen) atoms. The van der Waals surface area contributed by atoms with Crippen LogP contribution in [-0.4, -0.2) is 39.5 Å². The van der Waals surface area contributed by atoms with Crippen molar-refractivity contribution in [1.29, 1.82) is 0 Å². The number of amides is 1. The minimum Gasteiger partial charge on any atom is -0.478 e. The Balaban J connectivity index is 1.41. The Morgan fingerprint density at radius 3 is 2.64 bits per heavy atom. The molecule has 1 aliphatic heterocycles. The van der Waals surface area contributed by atoms with Gasteiger partial charge in [0.15, 0.2) is 5.60 Å². The maximum atomic E-state index is 13.1. The highest BCUT2D eigenvalue weighted by Gasteiger charge is 2.36. The fraction of sp³-hybridized carbons (Fsp3) is 0.364. The highest BCUT2D eigenvalue weighted by Crippen LogP contribution is 2.33. The summed E-state index contributed by atoms with van der Waals surface area (Å²) in [7, 11) is 0. The number of nitrogens with zero attached hydrogens (tertiary/aromatic N) is 2. The normalized spacial score (nSPS) is 15.8. The van der Waals surface area contributed by atoms with Crippen molar-refractivity contribution < 1.29 is 9.53 Å². The highest BCUT2D eigenvalue weighted by molar-refractivity contribution is 6.30. The zero-order valence-corrected chi connectivity index (χ0v) is 16.9. The first-order valence-electron chi connectivity index (χ1n) is 9.60. The van der Waals surface area contributed by atoms with Crippen LogP contribution in [0.2, 0.25) is 5.02 Å². The van der Waals surface area contributed by atoms with Gasteiger partial charge in [-0.3, -0.25) is 4.79 Å². The number of aromatic nitrogens is 2. The fourth-order valence-electron chi connectivity index (χ4n) is 3.93. The number of nitrogens with one attached hydrogen (secondary N) is 1. The Morgan fingerprint density at radius 1 is 1.21 bits per heavy atom. The molecule has 4 rings (SSSR count). The minimum absolute atomic E-state index is 0.0153. The number of ether oxygens (including phenoxy) is 1. The van der Waals surface area contributed by atoms with Crippen LogP contribution in [0.25, 0.3) is 11.0 Å². The van der Waals surface area contributed by atoms with E-state index in [9.17, 15) is 4.79 Å². The van der Waals surface area contributed by atoms with Gasteiger partial charge in [-0.1, -0.05) is 11.6 Å². The van der Waals surface area contributed by atoms with Gasteiger partial charge < -0.3 is 14.6 Å². The van der Waals surface area contributed by atoms with Gasteiger partial charge in [0.2, 0.25) is 0 Å². The van der Waals surface area contributed by atoms with E-state index in [1.807, 2.05) is 24.8 Å². The predicted octanol–water partition coefficient (Wildman–Crippen LogP) is 4.78. The van der Waals surface area contributed by atoms with E-state index in [2.05, 4.69) is 22.2 Å². The van der Waals surface area contributed by atoms with Crippen molar-refractivity contribution in [1.82, 2.24) is 14.9 Å². The van der Waals surface area contributed by atoms with E-state index in [4.69, 9.17) is 16.3 Å².